The first-order chi connectivity index (χ1) is 15.5. The van der Waals surface area contributed by atoms with E-state index in [4.69, 9.17) is 4.42 Å². The summed E-state index contributed by atoms with van der Waals surface area (Å²) in [5.41, 5.74) is 1.77. The lowest BCUT2D eigenvalue weighted by Gasteiger charge is -2.25. The Morgan fingerprint density at radius 1 is 0.969 bits per heavy atom. The second-order valence-electron chi connectivity index (χ2n) is 7.75. The van der Waals surface area contributed by atoms with Crippen LogP contribution < -0.4 is 5.32 Å². The molecule has 1 amide bonds. The highest BCUT2D eigenvalue weighted by Gasteiger charge is 2.26. The van der Waals surface area contributed by atoms with Crippen LogP contribution in [0.5, 0.6) is 0 Å². The normalized spacial score (nSPS) is 14.9. The number of sulfonamides is 1. The predicted octanol–water partition coefficient (Wildman–Crippen LogP) is 3.27. The summed E-state index contributed by atoms with van der Waals surface area (Å²) in [6, 6.07) is 16.4. The van der Waals surface area contributed by atoms with Crippen LogP contribution in [0.25, 0.3) is 11.5 Å². The lowest BCUT2D eigenvalue weighted by atomic mass is 10.1. The quantitative estimate of drug-likeness (QED) is 0.524. The van der Waals surface area contributed by atoms with Crippen molar-refractivity contribution in [2.24, 2.45) is 0 Å². The molecule has 9 heteroatoms. The van der Waals surface area contributed by atoms with Crippen molar-refractivity contribution in [1.29, 1.82) is 0 Å². The van der Waals surface area contributed by atoms with Gasteiger partial charge in [-0.15, -0.1) is 10.2 Å². The van der Waals surface area contributed by atoms with Crippen molar-refractivity contribution in [3.05, 3.63) is 66.1 Å². The summed E-state index contributed by atoms with van der Waals surface area (Å²) in [5, 5.41) is 10.5. The lowest BCUT2D eigenvalue weighted by Crippen LogP contribution is -2.35. The fraction of sp³-hybridized carbons (Fsp3) is 0.348. The molecule has 0 aliphatic carbocycles. The number of nitrogens with one attached hydrogen (secondary N) is 1. The van der Waals surface area contributed by atoms with Crippen LogP contribution in [0.15, 0.2) is 63.9 Å². The molecule has 0 spiro atoms. The fourth-order valence-electron chi connectivity index (χ4n) is 3.67. The van der Waals surface area contributed by atoms with E-state index >= 15 is 0 Å². The highest BCUT2D eigenvalue weighted by molar-refractivity contribution is 7.89. The number of aryl methyl sites for hydroxylation is 1. The Hall–Kier alpha value is -3.04. The van der Waals surface area contributed by atoms with E-state index in [-0.39, 0.29) is 16.7 Å². The Morgan fingerprint density at radius 3 is 2.41 bits per heavy atom. The second-order valence-corrected chi connectivity index (χ2v) is 9.68. The molecule has 1 saturated heterocycles. The molecule has 168 valence electrons. The van der Waals surface area contributed by atoms with Gasteiger partial charge in [0.2, 0.25) is 15.9 Å². The van der Waals surface area contributed by atoms with Gasteiger partial charge in [0, 0.05) is 25.2 Å². The average molecular weight is 455 g/mol. The lowest BCUT2D eigenvalue weighted by molar-refractivity contribution is 0.0919. The second kappa shape index (κ2) is 10.1. The first-order valence-corrected chi connectivity index (χ1v) is 12.2. The summed E-state index contributed by atoms with van der Waals surface area (Å²) in [6.07, 6.45) is 4.49. The molecule has 2 aromatic carbocycles. The molecular weight excluding hydrogens is 428 g/mol. The molecule has 0 bridgehead atoms. The zero-order chi connectivity index (χ0) is 22.4. The van der Waals surface area contributed by atoms with Gasteiger partial charge in [-0.25, -0.2) is 8.42 Å². The minimum absolute atomic E-state index is 0.121. The van der Waals surface area contributed by atoms with Gasteiger partial charge in [-0.05, 0) is 55.5 Å². The SMILES string of the molecule is O=C(NCCCc1ccccc1)c1nnc(-c2ccc(S(=O)(=O)N3CCCCC3)cc2)o1. The standard InChI is InChI=1S/C23H26N4O4S/c28-21(24-15-7-10-18-8-3-1-4-9-18)23-26-25-22(31-23)19-11-13-20(14-12-19)32(29,30)27-16-5-2-6-17-27/h1,3-4,8-9,11-14H,2,5-7,10,15-17H2,(H,24,28). The number of nitrogens with zero attached hydrogens (tertiary/aromatic N) is 3. The van der Waals surface area contributed by atoms with Crippen molar-refractivity contribution in [1.82, 2.24) is 19.8 Å². The zero-order valence-corrected chi connectivity index (χ0v) is 18.6. The van der Waals surface area contributed by atoms with Gasteiger partial charge in [-0.2, -0.15) is 4.31 Å². The van der Waals surface area contributed by atoms with Gasteiger partial charge in [-0.3, -0.25) is 4.79 Å². The Kier molecular flexibility index (Phi) is 6.96. The van der Waals surface area contributed by atoms with Gasteiger partial charge < -0.3 is 9.73 Å². The van der Waals surface area contributed by atoms with Gasteiger partial charge in [0.15, 0.2) is 0 Å². The number of aromatic nitrogens is 2. The number of hydrogen-bond donors (Lipinski definition) is 1. The van der Waals surface area contributed by atoms with Crippen molar-refractivity contribution >= 4 is 15.9 Å². The van der Waals surface area contributed by atoms with E-state index in [0.29, 0.717) is 25.2 Å². The van der Waals surface area contributed by atoms with Gasteiger partial charge in [-0.1, -0.05) is 36.8 Å². The minimum atomic E-state index is -3.50. The van der Waals surface area contributed by atoms with Gasteiger partial charge in [0.05, 0.1) is 4.90 Å². The molecule has 32 heavy (non-hydrogen) atoms. The predicted molar refractivity (Wildman–Crippen MR) is 119 cm³/mol. The van der Waals surface area contributed by atoms with E-state index < -0.39 is 15.9 Å². The van der Waals surface area contributed by atoms with Crippen molar-refractivity contribution in [3.8, 4) is 11.5 Å². The molecule has 1 aliphatic heterocycles. The maximum Gasteiger partial charge on any atom is 0.308 e. The van der Waals surface area contributed by atoms with Crippen LogP contribution in [0.3, 0.4) is 0 Å². The third-order valence-corrected chi connectivity index (χ3v) is 7.36. The number of carbonyl (C=O) groups excluding carboxylic acids is 1. The molecule has 1 fully saturated rings. The van der Waals surface area contributed by atoms with Crippen molar-refractivity contribution in [2.75, 3.05) is 19.6 Å². The molecule has 1 aliphatic rings. The van der Waals surface area contributed by atoms with Crippen molar-refractivity contribution in [3.63, 3.8) is 0 Å². The van der Waals surface area contributed by atoms with Gasteiger partial charge in [0.1, 0.15) is 0 Å². The molecule has 0 unspecified atom stereocenters. The van der Waals surface area contributed by atoms with E-state index in [2.05, 4.69) is 27.6 Å². The highest BCUT2D eigenvalue weighted by atomic mass is 32.2. The maximum absolute atomic E-state index is 12.8. The first kappa shape index (κ1) is 22.2. The maximum atomic E-state index is 12.8. The topological polar surface area (TPSA) is 105 Å². The molecular formula is C23H26N4O4S. The number of rotatable bonds is 8. The van der Waals surface area contributed by atoms with E-state index in [1.54, 1.807) is 12.1 Å². The van der Waals surface area contributed by atoms with Gasteiger partial charge in [0.25, 0.3) is 0 Å². The molecule has 1 N–H and O–H groups in total. The molecule has 3 aromatic rings. The van der Waals surface area contributed by atoms with Crippen LogP contribution in [0, 0.1) is 0 Å². The molecule has 8 nitrogen and oxygen atoms in total. The van der Waals surface area contributed by atoms with Crippen LogP contribution >= 0.6 is 0 Å². The monoisotopic (exact) mass is 454 g/mol. The van der Waals surface area contributed by atoms with Crippen molar-refractivity contribution < 1.29 is 17.6 Å². The zero-order valence-electron chi connectivity index (χ0n) is 17.7. The van der Waals surface area contributed by atoms with Gasteiger partial charge >= 0.3 is 11.8 Å². The fourth-order valence-corrected chi connectivity index (χ4v) is 5.19. The largest absolute Gasteiger partial charge is 0.412 e. The highest BCUT2D eigenvalue weighted by Crippen LogP contribution is 2.24. The van der Waals surface area contributed by atoms with Crippen LogP contribution in [0.4, 0.5) is 0 Å². The minimum Gasteiger partial charge on any atom is -0.412 e. The van der Waals surface area contributed by atoms with Crippen LogP contribution in [0.2, 0.25) is 0 Å². The van der Waals surface area contributed by atoms with Crippen LogP contribution in [-0.2, 0) is 16.4 Å². The summed E-state index contributed by atoms with van der Waals surface area (Å²) in [4.78, 5) is 12.5. The summed E-state index contributed by atoms with van der Waals surface area (Å²) >= 11 is 0. The Morgan fingerprint density at radius 2 is 1.69 bits per heavy atom. The third-order valence-electron chi connectivity index (χ3n) is 5.44. The van der Waals surface area contributed by atoms with Crippen molar-refractivity contribution in [2.45, 2.75) is 37.0 Å². The summed E-state index contributed by atoms with van der Waals surface area (Å²) in [7, 11) is -3.50. The number of amides is 1. The molecule has 0 saturated carbocycles. The molecule has 0 atom stereocenters. The smallest absolute Gasteiger partial charge is 0.308 e. The summed E-state index contributed by atoms with van der Waals surface area (Å²) < 4.78 is 32.6. The molecule has 0 radical (unpaired) electrons. The average Bonchev–Trinajstić information content (AvgIpc) is 3.34. The number of hydrogen-bond acceptors (Lipinski definition) is 6. The molecule has 4 rings (SSSR count). The Bertz CT molecular complexity index is 1140. The summed E-state index contributed by atoms with van der Waals surface area (Å²) in [6.45, 7) is 1.60. The first-order valence-electron chi connectivity index (χ1n) is 10.8. The van der Waals surface area contributed by atoms with E-state index in [1.807, 2.05) is 18.2 Å². The summed E-state index contributed by atoms with van der Waals surface area (Å²) in [5.74, 6) is -0.382. The Labute approximate surface area is 187 Å². The Balaban J connectivity index is 1.34. The number of benzene rings is 2. The molecule has 1 aromatic heterocycles. The number of carbonyl (C=O) groups is 1. The van der Waals surface area contributed by atoms with E-state index in [1.165, 1.54) is 22.0 Å². The van der Waals surface area contributed by atoms with E-state index in [0.717, 1.165) is 32.1 Å². The van der Waals surface area contributed by atoms with Crippen LogP contribution in [0.1, 0.15) is 41.9 Å². The third kappa shape index (κ3) is 5.23. The number of piperidine rings is 1. The van der Waals surface area contributed by atoms with Crippen LogP contribution in [-0.4, -0.2) is 48.5 Å². The van der Waals surface area contributed by atoms with E-state index in [9.17, 15) is 13.2 Å². The molecule has 2 heterocycles.